The van der Waals surface area contributed by atoms with Gasteiger partial charge in [-0.25, -0.2) is 0 Å². The molecule has 6 nitrogen and oxygen atoms in total. The number of nitrogens with two attached hydrogens (primary N) is 1. The second kappa shape index (κ2) is 7.95. The summed E-state index contributed by atoms with van der Waals surface area (Å²) in [7, 11) is 0. The molecule has 0 aliphatic rings. The van der Waals surface area contributed by atoms with Crippen LogP contribution in [0, 0.1) is 0 Å². The van der Waals surface area contributed by atoms with Gasteiger partial charge in [-0.2, -0.15) is 0 Å². The van der Waals surface area contributed by atoms with Gasteiger partial charge in [0.15, 0.2) is 0 Å². The number of hydrogen-bond donors (Lipinski definition) is 3. The van der Waals surface area contributed by atoms with Crippen LogP contribution in [0.2, 0.25) is 5.02 Å². The van der Waals surface area contributed by atoms with Crippen molar-refractivity contribution in [3.05, 3.63) is 82.0 Å². The number of halogens is 1. The predicted octanol–water partition coefficient (Wildman–Crippen LogP) is 2.60. The maximum atomic E-state index is 12.4. The first kappa shape index (κ1) is 17.8. The normalized spacial score (nSPS) is 11.8. The van der Waals surface area contributed by atoms with Crippen LogP contribution in [0.5, 0.6) is 0 Å². The third kappa shape index (κ3) is 4.17. The summed E-state index contributed by atoms with van der Waals surface area (Å²) in [5, 5.41) is 3.14. The highest BCUT2D eigenvalue weighted by Crippen LogP contribution is 2.19. The summed E-state index contributed by atoms with van der Waals surface area (Å²) >= 11 is 6.10. The van der Waals surface area contributed by atoms with E-state index in [0.29, 0.717) is 5.02 Å². The number of aromatic nitrogens is 2. The van der Waals surface area contributed by atoms with Crippen LogP contribution >= 0.6 is 11.6 Å². The number of pyridine rings is 2. The molecule has 0 aliphatic heterocycles. The summed E-state index contributed by atoms with van der Waals surface area (Å²) in [4.78, 5) is 31.0. The molecule has 26 heavy (non-hydrogen) atoms. The highest BCUT2D eigenvalue weighted by molar-refractivity contribution is 6.31. The van der Waals surface area contributed by atoms with Gasteiger partial charge in [0.2, 0.25) is 5.91 Å². The molecule has 1 amide bonds. The zero-order valence-corrected chi connectivity index (χ0v) is 14.5. The monoisotopic (exact) mass is 368 g/mol. The van der Waals surface area contributed by atoms with Gasteiger partial charge in [0.1, 0.15) is 5.69 Å². The van der Waals surface area contributed by atoms with Crippen molar-refractivity contribution in [2.45, 2.75) is 12.5 Å². The Balaban J connectivity index is 1.76. The van der Waals surface area contributed by atoms with Crippen molar-refractivity contribution in [3.63, 3.8) is 0 Å². The number of carbonyl (C=O) groups excluding carboxylic acids is 1. The van der Waals surface area contributed by atoms with Crippen LogP contribution in [0.1, 0.15) is 5.56 Å². The van der Waals surface area contributed by atoms with Gasteiger partial charge in [0, 0.05) is 29.2 Å². The SMILES string of the molecule is N[C@@H](Cc1ccccc1Cl)C(=O)Nc1cc(-c2ccncc2)c[nH]c1=O. The van der Waals surface area contributed by atoms with E-state index < -0.39 is 17.5 Å². The van der Waals surface area contributed by atoms with Crippen LogP contribution in [-0.4, -0.2) is 21.9 Å². The highest BCUT2D eigenvalue weighted by atomic mass is 35.5. The molecular formula is C19H17ClN4O2. The highest BCUT2D eigenvalue weighted by Gasteiger charge is 2.17. The Morgan fingerprint density at radius 1 is 1.19 bits per heavy atom. The van der Waals surface area contributed by atoms with E-state index in [2.05, 4.69) is 15.3 Å². The van der Waals surface area contributed by atoms with E-state index in [1.807, 2.05) is 30.3 Å². The molecule has 0 spiro atoms. The van der Waals surface area contributed by atoms with Gasteiger partial charge in [-0.15, -0.1) is 0 Å². The molecular weight excluding hydrogens is 352 g/mol. The van der Waals surface area contributed by atoms with E-state index in [9.17, 15) is 9.59 Å². The Kier molecular flexibility index (Phi) is 5.46. The summed E-state index contributed by atoms with van der Waals surface area (Å²) < 4.78 is 0. The van der Waals surface area contributed by atoms with Crippen LogP contribution in [0.25, 0.3) is 11.1 Å². The second-order valence-corrected chi connectivity index (χ2v) is 6.17. The van der Waals surface area contributed by atoms with Gasteiger partial charge in [-0.1, -0.05) is 29.8 Å². The van der Waals surface area contributed by atoms with E-state index in [1.54, 1.807) is 30.7 Å². The Hall–Kier alpha value is -2.96. The standard InChI is InChI=1S/C19H17ClN4O2/c20-15-4-2-1-3-13(15)9-16(21)18(25)24-17-10-14(11-23-19(17)26)12-5-7-22-8-6-12/h1-8,10-11,16H,9,21H2,(H,23,26)(H,24,25)/t16-/m0/s1. The number of nitrogens with one attached hydrogen (secondary N) is 2. The summed E-state index contributed by atoms with van der Waals surface area (Å²) in [5.41, 5.74) is 8.10. The van der Waals surface area contributed by atoms with Crippen molar-refractivity contribution in [1.29, 1.82) is 0 Å². The van der Waals surface area contributed by atoms with Gasteiger partial charge >= 0.3 is 0 Å². The quantitative estimate of drug-likeness (QED) is 0.644. The maximum Gasteiger partial charge on any atom is 0.271 e. The smallest absolute Gasteiger partial charge is 0.271 e. The third-order valence-corrected chi connectivity index (χ3v) is 4.28. The molecule has 3 rings (SSSR count). The number of hydrogen-bond acceptors (Lipinski definition) is 4. The van der Waals surface area contributed by atoms with Crippen LogP contribution < -0.4 is 16.6 Å². The molecule has 2 aromatic heterocycles. The molecule has 0 saturated carbocycles. The lowest BCUT2D eigenvalue weighted by Gasteiger charge is -2.13. The molecule has 0 radical (unpaired) electrons. The molecule has 1 atom stereocenters. The lowest BCUT2D eigenvalue weighted by molar-refractivity contribution is -0.117. The Morgan fingerprint density at radius 2 is 1.92 bits per heavy atom. The molecule has 4 N–H and O–H groups in total. The van der Waals surface area contributed by atoms with E-state index in [-0.39, 0.29) is 12.1 Å². The molecule has 0 fully saturated rings. The summed E-state index contributed by atoms with van der Waals surface area (Å²) in [6.45, 7) is 0. The first-order chi connectivity index (χ1) is 12.5. The van der Waals surface area contributed by atoms with Crippen LogP contribution in [0.3, 0.4) is 0 Å². The molecule has 0 unspecified atom stereocenters. The predicted molar refractivity (Wildman–Crippen MR) is 102 cm³/mol. The van der Waals surface area contributed by atoms with E-state index in [0.717, 1.165) is 16.7 Å². The van der Waals surface area contributed by atoms with Crippen molar-refractivity contribution >= 4 is 23.2 Å². The van der Waals surface area contributed by atoms with Crippen molar-refractivity contribution in [2.24, 2.45) is 5.73 Å². The molecule has 3 aromatic rings. The Labute approximate surface area is 155 Å². The molecule has 2 heterocycles. The van der Waals surface area contributed by atoms with Gasteiger partial charge in [0.25, 0.3) is 5.56 Å². The minimum Gasteiger partial charge on any atom is -0.327 e. The van der Waals surface area contributed by atoms with Gasteiger partial charge < -0.3 is 16.0 Å². The lowest BCUT2D eigenvalue weighted by Crippen LogP contribution is -2.38. The zero-order chi connectivity index (χ0) is 18.5. The molecule has 0 aliphatic carbocycles. The molecule has 7 heteroatoms. The number of anilines is 1. The van der Waals surface area contributed by atoms with Crippen LogP contribution in [-0.2, 0) is 11.2 Å². The van der Waals surface area contributed by atoms with Crippen LogP contribution in [0.4, 0.5) is 5.69 Å². The third-order valence-electron chi connectivity index (χ3n) is 3.91. The number of amides is 1. The van der Waals surface area contributed by atoms with E-state index in [1.165, 1.54) is 0 Å². The largest absolute Gasteiger partial charge is 0.327 e. The van der Waals surface area contributed by atoms with E-state index in [4.69, 9.17) is 17.3 Å². The van der Waals surface area contributed by atoms with Gasteiger partial charge in [-0.05, 0) is 41.8 Å². The molecule has 0 bridgehead atoms. The van der Waals surface area contributed by atoms with Gasteiger partial charge in [-0.3, -0.25) is 14.6 Å². The number of benzene rings is 1. The minimum atomic E-state index is -0.834. The number of carbonyl (C=O) groups is 1. The first-order valence-corrected chi connectivity index (χ1v) is 8.35. The van der Waals surface area contributed by atoms with Crippen LogP contribution in [0.15, 0.2) is 65.8 Å². The average Bonchev–Trinajstić information content (AvgIpc) is 2.66. The topological polar surface area (TPSA) is 101 Å². The van der Waals surface area contributed by atoms with Gasteiger partial charge in [0.05, 0.1) is 6.04 Å². The molecule has 0 saturated heterocycles. The molecule has 132 valence electrons. The van der Waals surface area contributed by atoms with Crippen molar-refractivity contribution in [1.82, 2.24) is 9.97 Å². The van der Waals surface area contributed by atoms with Crippen molar-refractivity contribution < 1.29 is 4.79 Å². The van der Waals surface area contributed by atoms with Crippen molar-refractivity contribution in [3.8, 4) is 11.1 Å². The van der Waals surface area contributed by atoms with E-state index >= 15 is 0 Å². The minimum absolute atomic E-state index is 0.138. The first-order valence-electron chi connectivity index (χ1n) is 7.97. The Bertz CT molecular complexity index is 973. The fourth-order valence-corrected chi connectivity index (χ4v) is 2.72. The lowest BCUT2D eigenvalue weighted by atomic mass is 10.1. The molecule has 1 aromatic carbocycles. The number of H-pyrrole nitrogens is 1. The summed E-state index contributed by atoms with van der Waals surface area (Å²) in [6, 6.07) is 11.6. The average molecular weight is 369 g/mol. The number of rotatable bonds is 5. The number of nitrogens with zero attached hydrogens (tertiary/aromatic N) is 1. The summed E-state index contributed by atoms with van der Waals surface area (Å²) in [6.07, 6.45) is 5.15. The zero-order valence-electron chi connectivity index (χ0n) is 13.8. The fourth-order valence-electron chi connectivity index (χ4n) is 2.51. The van der Waals surface area contributed by atoms with Crippen molar-refractivity contribution in [2.75, 3.05) is 5.32 Å². The number of aromatic amines is 1. The second-order valence-electron chi connectivity index (χ2n) is 5.76. The maximum absolute atomic E-state index is 12.4. The fraction of sp³-hybridized carbons (Fsp3) is 0.105. The summed E-state index contributed by atoms with van der Waals surface area (Å²) in [5.74, 6) is -0.456. The Morgan fingerprint density at radius 3 is 2.65 bits per heavy atom.